The molecule has 26 heavy (non-hydrogen) atoms. The smallest absolute Gasteiger partial charge is 0.475 e. The highest BCUT2D eigenvalue weighted by Crippen LogP contribution is 2.14. The standard InChI is InChI=1S/C9H6N2O.2C2HF3O2/c10-4-7-2-1-3-8(5-11)9(7)6-12;2*3-2(4,5)1(6)7/h1-3,12H,6H2;2*(H,6,7). The van der Waals surface area contributed by atoms with Crippen molar-refractivity contribution in [2.45, 2.75) is 19.0 Å². The Morgan fingerprint density at radius 2 is 1.15 bits per heavy atom. The summed E-state index contributed by atoms with van der Waals surface area (Å²) in [6.45, 7) is -0.271. The predicted octanol–water partition coefficient (Wildman–Crippen LogP) is 2.19. The number of nitriles is 2. The summed E-state index contributed by atoms with van der Waals surface area (Å²) in [7, 11) is 0. The fourth-order valence-electron chi connectivity index (χ4n) is 0.967. The van der Waals surface area contributed by atoms with E-state index in [9.17, 15) is 26.3 Å². The molecular formula is C13H8F6N2O5. The van der Waals surface area contributed by atoms with E-state index in [0.717, 1.165) is 0 Å². The summed E-state index contributed by atoms with van der Waals surface area (Å²) in [6, 6.07) is 8.59. The highest BCUT2D eigenvalue weighted by Gasteiger charge is 2.38. The molecule has 7 nitrogen and oxygen atoms in total. The molecule has 0 saturated carbocycles. The molecule has 0 bridgehead atoms. The van der Waals surface area contributed by atoms with Crippen LogP contribution in [0.3, 0.4) is 0 Å². The third-order valence-electron chi connectivity index (χ3n) is 2.06. The van der Waals surface area contributed by atoms with Crippen LogP contribution in [0.5, 0.6) is 0 Å². The van der Waals surface area contributed by atoms with Gasteiger partial charge in [0.2, 0.25) is 0 Å². The van der Waals surface area contributed by atoms with Crippen LogP contribution >= 0.6 is 0 Å². The second kappa shape index (κ2) is 10.5. The number of hydrogen-bond donors (Lipinski definition) is 3. The largest absolute Gasteiger partial charge is 0.490 e. The molecule has 13 heteroatoms. The van der Waals surface area contributed by atoms with E-state index >= 15 is 0 Å². The average Bonchev–Trinajstić information content (AvgIpc) is 2.53. The number of nitrogens with zero attached hydrogens (tertiary/aromatic N) is 2. The summed E-state index contributed by atoms with van der Waals surface area (Å²) in [5.41, 5.74) is 1.12. The number of carboxylic acids is 2. The normalized spacial score (nSPS) is 10.0. The summed E-state index contributed by atoms with van der Waals surface area (Å²) in [5, 5.41) is 40.3. The summed E-state index contributed by atoms with van der Waals surface area (Å²) in [4.78, 5) is 17.8. The topological polar surface area (TPSA) is 142 Å². The Morgan fingerprint density at radius 3 is 1.31 bits per heavy atom. The number of halogens is 6. The Bertz CT molecular complexity index is 659. The van der Waals surface area contributed by atoms with Crippen molar-refractivity contribution in [3.8, 4) is 12.1 Å². The minimum absolute atomic E-state index is 0.271. The van der Waals surface area contributed by atoms with Crippen LogP contribution in [0.25, 0.3) is 0 Å². The van der Waals surface area contributed by atoms with Crippen molar-refractivity contribution in [3.63, 3.8) is 0 Å². The van der Waals surface area contributed by atoms with Gasteiger partial charge in [0.1, 0.15) is 0 Å². The summed E-state index contributed by atoms with van der Waals surface area (Å²) in [6.07, 6.45) is -10.2. The number of alkyl halides is 6. The molecule has 1 aromatic rings. The summed E-state index contributed by atoms with van der Waals surface area (Å²) >= 11 is 0. The van der Waals surface area contributed by atoms with Crippen LogP contribution < -0.4 is 0 Å². The molecule has 0 saturated heterocycles. The third kappa shape index (κ3) is 9.74. The van der Waals surface area contributed by atoms with Gasteiger partial charge in [0, 0.05) is 5.56 Å². The van der Waals surface area contributed by atoms with Gasteiger partial charge in [-0.15, -0.1) is 0 Å². The van der Waals surface area contributed by atoms with Gasteiger partial charge < -0.3 is 15.3 Å². The van der Waals surface area contributed by atoms with Gasteiger partial charge in [0.05, 0.1) is 29.9 Å². The molecule has 0 amide bonds. The lowest BCUT2D eigenvalue weighted by molar-refractivity contribution is -0.193. The van der Waals surface area contributed by atoms with E-state index in [0.29, 0.717) is 16.7 Å². The molecule has 0 radical (unpaired) electrons. The number of aliphatic hydroxyl groups is 1. The number of benzene rings is 1. The first kappa shape index (κ1) is 24.9. The minimum atomic E-state index is -5.08. The molecule has 0 atom stereocenters. The Balaban J connectivity index is 0. The van der Waals surface area contributed by atoms with Gasteiger partial charge in [-0.1, -0.05) is 6.07 Å². The molecule has 142 valence electrons. The van der Waals surface area contributed by atoms with E-state index < -0.39 is 24.3 Å². The third-order valence-corrected chi connectivity index (χ3v) is 2.06. The van der Waals surface area contributed by atoms with Crippen molar-refractivity contribution in [2.75, 3.05) is 0 Å². The molecule has 0 aliphatic carbocycles. The van der Waals surface area contributed by atoms with E-state index in [1.54, 1.807) is 18.2 Å². The quantitative estimate of drug-likeness (QED) is 0.628. The zero-order valence-electron chi connectivity index (χ0n) is 12.3. The fourth-order valence-corrected chi connectivity index (χ4v) is 0.967. The number of rotatable bonds is 1. The summed E-state index contributed by atoms with van der Waals surface area (Å²) < 4.78 is 63.5. The number of aliphatic carboxylic acids is 2. The molecular weight excluding hydrogens is 378 g/mol. The lowest BCUT2D eigenvalue weighted by atomic mass is 10.0. The van der Waals surface area contributed by atoms with Crippen LogP contribution in [0.4, 0.5) is 26.3 Å². The molecule has 0 unspecified atom stereocenters. The Morgan fingerprint density at radius 1 is 0.885 bits per heavy atom. The number of carboxylic acid groups (broad SMARTS) is 2. The Hall–Kier alpha value is -3.32. The van der Waals surface area contributed by atoms with E-state index in [-0.39, 0.29) is 6.61 Å². The molecule has 1 aromatic carbocycles. The average molecular weight is 386 g/mol. The van der Waals surface area contributed by atoms with Crippen LogP contribution in [0, 0.1) is 22.7 Å². The first-order valence-corrected chi connectivity index (χ1v) is 5.85. The molecule has 0 fully saturated rings. The molecule has 1 rings (SSSR count). The van der Waals surface area contributed by atoms with Crippen molar-refractivity contribution in [1.82, 2.24) is 0 Å². The van der Waals surface area contributed by atoms with Gasteiger partial charge in [-0.2, -0.15) is 36.9 Å². The first-order valence-electron chi connectivity index (χ1n) is 5.85. The highest BCUT2D eigenvalue weighted by molar-refractivity contribution is 5.73. The molecule has 0 heterocycles. The zero-order valence-corrected chi connectivity index (χ0v) is 12.3. The second-order valence-corrected chi connectivity index (χ2v) is 3.82. The first-order chi connectivity index (χ1) is 11.7. The van der Waals surface area contributed by atoms with Gasteiger partial charge in [0.15, 0.2) is 0 Å². The van der Waals surface area contributed by atoms with E-state index in [1.165, 1.54) is 0 Å². The monoisotopic (exact) mass is 386 g/mol. The number of aliphatic hydroxyl groups excluding tert-OH is 1. The van der Waals surface area contributed by atoms with Crippen molar-refractivity contribution >= 4 is 11.9 Å². The lowest BCUT2D eigenvalue weighted by Crippen LogP contribution is -2.21. The van der Waals surface area contributed by atoms with Crippen molar-refractivity contribution in [1.29, 1.82) is 10.5 Å². The molecule has 3 N–H and O–H groups in total. The number of carbonyl (C=O) groups is 2. The van der Waals surface area contributed by atoms with Crippen molar-refractivity contribution < 1.29 is 51.3 Å². The van der Waals surface area contributed by atoms with E-state index in [2.05, 4.69) is 0 Å². The van der Waals surface area contributed by atoms with Gasteiger partial charge in [0.25, 0.3) is 0 Å². The second-order valence-electron chi connectivity index (χ2n) is 3.82. The van der Waals surface area contributed by atoms with Crippen LogP contribution in [0.15, 0.2) is 18.2 Å². The SMILES string of the molecule is N#Cc1cccc(C#N)c1CO.O=C(O)C(F)(F)F.O=C(O)C(F)(F)F. The zero-order chi connectivity index (χ0) is 21.1. The molecule has 0 aromatic heterocycles. The maximum absolute atomic E-state index is 10.6. The molecule has 0 aliphatic rings. The summed E-state index contributed by atoms with van der Waals surface area (Å²) in [5.74, 6) is -5.51. The maximum atomic E-state index is 10.6. The number of hydrogen-bond acceptors (Lipinski definition) is 5. The van der Waals surface area contributed by atoms with Crippen molar-refractivity contribution in [3.05, 3.63) is 34.9 Å². The van der Waals surface area contributed by atoms with Crippen LogP contribution in [-0.4, -0.2) is 39.6 Å². The van der Waals surface area contributed by atoms with Crippen LogP contribution in [-0.2, 0) is 16.2 Å². The van der Waals surface area contributed by atoms with Gasteiger partial charge in [-0.3, -0.25) is 0 Å². The minimum Gasteiger partial charge on any atom is -0.475 e. The Labute approximate surface area is 140 Å². The van der Waals surface area contributed by atoms with E-state index in [1.807, 2.05) is 12.1 Å². The molecule has 0 aliphatic heterocycles. The maximum Gasteiger partial charge on any atom is 0.490 e. The van der Waals surface area contributed by atoms with Gasteiger partial charge >= 0.3 is 24.3 Å². The van der Waals surface area contributed by atoms with Crippen molar-refractivity contribution in [2.24, 2.45) is 0 Å². The molecule has 0 spiro atoms. The van der Waals surface area contributed by atoms with Gasteiger partial charge in [-0.25, -0.2) is 9.59 Å². The van der Waals surface area contributed by atoms with Crippen LogP contribution in [0.1, 0.15) is 16.7 Å². The fraction of sp³-hybridized carbons (Fsp3) is 0.231. The van der Waals surface area contributed by atoms with Gasteiger partial charge in [-0.05, 0) is 12.1 Å². The highest BCUT2D eigenvalue weighted by atomic mass is 19.4. The lowest BCUT2D eigenvalue weighted by Gasteiger charge is -2.00. The Kier molecular flexibility index (Phi) is 10.1. The van der Waals surface area contributed by atoms with Crippen LogP contribution in [0.2, 0.25) is 0 Å². The van der Waals surface area contributed by atoms with E-state index in [4.69, 9.17) is 35.4 Å². The predicted molar refractivity (Wildman–Crippen MR) is 69.2 cm³/mol.